The minimum atomic E-state index is -0.456. The number of aromatic nitrogens is 1. The monoisotopic (exact) mass is 295 g/mol. The zero-order valence-corrected chi connectivity index (χ0v) is 12.0. The van der Waals surface area contributed by atoms with Crippen LogP contribution in [0, 0.1) is 5.82 Å². The van der Waals surface area contributed by atoms with Crippen LogP contribution in [0.2, 0.25) is 5.02 Å². The SMILES string of the molecule is CN(C)C(=O)CCNc1ccc2c(Cl)ccnc2c1F. The van der Waals surface area contributed by atoms with Crippen LogP contribution in [0.3, 0.4) is 0 Å². The highest BCUT2D eigenvalue weighted by atomic mass is 35.5. The fourth-order valence-corrected chi connectivity index (χ4v) is 2.02. The van der Waals surface area contributed by atoms with Crippen molar-refractivity contribution in [1.29, 1.82) is 0 Å². The lowest BCUT2D eigenvalue weighted by Crippen LogP contribution is -2.24. The van der Waals surface area contributed by atoms with Crippen molar-refractivity contribution in [2.24, 2.45) is 0 Å². The molecule has 0 radical (unpaired) electrons. The first kappa shape index (κ1) is 14.5. The highest BCUT2D eigenvalue weighted by molar-refractivity contribution is 6.35. The molecule has 0 aliphatic carbocycles. The van der Waals surface area contributed by atoms with Crippen LogP contribution < -0.4 is 5.32 Å². The van der Waals surface area contributed by atoms with Gasteiger partial charge in [-0.25, -0.2) is 4.39 Å². The Kier molecular flexibility index (Phi) is 4.39. The van der Waals surface area contributed by atoms with Gasteiger partial charge in [-0.05, 0) is 18.2 Å². The summed E-state index contributed by atoms with van der Waals surface area (Å²) in [4.78, 5) is 16.9. The lowest BCUT2D eigenvalue weighted by molar-refractivity contribution is -0.128. The van der Waals surface area contributed by atoms with Gasteiger partial charge in [0.1, 0.15) is 5.52 Å². The Morgan fingerprint density at radius 2 is 2.15 bits per heavy atom. The largest absolute Gasteiger partial charge is 0.382 e. The summed E-state index contributed by atoms with van der Waals surface area (Å²) in [6, 6.07) is 4.93. The van der Waals surface area contributed by atoms with Crippen LogP contribution >= 0.6 is 11.6 Å². The number of carbonyl (C=O) groups is 1. The number of benzene rings is 1. The van der Waals surface area contributed by atoms with E-state index in [9.17, 15) is 9.18 Å². The van der Waals surface area contributed by atoms with E-state index in [1.165, 1.54) is 11.1 Å². The molecule has 0 saturated carbocycles. The zero-order valence-electron chi connectivity index (χ0n) is 11.3. The zero-order chi connectivity index (χ0) is 14.7. The number of pyridine rings is 1. The maximum atomic E-state index is 14.3. The Bertz CT molecular complexity index is 646. The Morgan fingerprint density at radius 1 is 1.40 bits per heavy atom. The van der Waals surface area contributed by atoms with Gasteiger partial charge in [0, 0.05) is 38.6 Å². The van der Waals surface area contributed by atoms with E-state index >= 15 is 0 Å². The highest BCUT2D eigenvalue weighted by Gasteiger charge is 2.11. The third-order valence-electron chi connectivity index (χ3n) is 2.95. The van der Waals surface area contributed by atoms with Crippen molar-refractivity contribution < 1.29 is 9.18 Å². The molecule has 2 rings (SSSR count). The Balaban J connectivity index is 2.16. The van der Waals surface area contributed by atoms with Crippen molar-refractivity contribution in [3.05, 3.63) is 35.2 Å². The van der Waals surface area contributed by atoms with Crippen molar-refractivity contribution >= 4 is 34.1 Å². The number of hydrogen-bond acceptors (Lipinski definition) is 3. The Morgan fingerprint density at radius 3 is 2.85 bits per heavy atom. The third kappa shape index (κ3) is 2.99. The first-order chi connectivity index (χ1) is 9.50. The van der Waals surface area contributed by atoms with Crippen LogP contribution in [-0.4, -0.2) is 36.4 Å². The molecule has 0 aliphatic heterocycles. The van der Waals surface area contributed by atoms with Crippen LogP contribution in [0.25, 0.3) is 10.9 Å². The average Bonchev–Trinajstić information content (AvgIpc) is 2.42. The molecular formula is C14H15ClFN3O. The van der Waals surface area contributed by atoms with Gasteiger partial charge in [0.05, 0.1) is 10.7 Å². The maximum absolute atomic E-state index is 14.3. The predicted octanol–water partition coefficient (Wildman–Crippen LogP) is 2.92. The highest BCUT2D eigenvalue weighted by Crippen LogP contribution is 2.27. The van der Waals surface area contributed by atoms with E-state index in [1.807, 2.05) is 0 Å². The van der Waals surface area contributed by atoms with Crippen LogP contribution in [0.1, 0.15) is 6.42 Å². The molecule has 0 aliphatic rings. The van der Waals surface area contributed by atoms with Gasteiger partial charge in [-0.3, -0.25) is 9.78 Å². The second-order valence-corrected chi connectivity index (χ2v) is 4.99. The molecular weight excluding hydrogens is 281 g/mol. The smallest absolute Gasteiger partial charge is 0.223 e. The number of anilines is 1. The fraction of sp³-hybridized carbons (Fsp3) is 0.286. The fourth-order valence-electron chi connectivity index (χ4n) is 1.81. The van der Waals surface area contributed by atoms with Gasteiger partial charge in [-0.2, -0.15) is 0 Å². The molecule has 1 N–H and O–H groups in total. The van der Waals surface area contributed by atoms with Gasteiger partial charge in [0.25, 0.3) is 0 Å². The van der Waals surface area contributed by atoms with Gasteiger partial charge in [0.2, 0.25) is 5.91 Å². The van der Waals surface area contributed by atoms with Crippen molar-refractivity contribution in [2.75, 3.05) is 26.0 Å². The van der Waals surface area contributed by atoms with Crippen molar-refractivity contribution in [3.8, 4) is 0 Å². The Hall–Kier alpha value is -1.88. The summed E-state index contributed by atoms with van der Waals surface area (Å²) < 4.78 is 14.3. The number of halogens is 2. The summed E-state index contributed by atoms with van der Waals surface area (Å²) in [6.45, 7) is 0.361. The van der Waals surface area contributed by atoms with E-state index < -0.39 is 5.82 Å². The molecule has 1 aromatic carbocycles. The van der Waals surface area contributed by atoms with E-state index in [0.717, 1.165) is 0 Å². The van der Waals surface area contributed by atoms with Crippen LogP contribution in [0.4, 0.5) is 10.1 Å². The molecule has 0 spiro atoms. The molecule has 1 amide bonds. The number of nitrogens with zero attached hydrogens (tertiary/aromatic N) is 2. The standard InChI is InChI=1S/C14H15ClFN3O/c1-19(2)12(20)6-8-17-11-4-3-9-10(15)5-7-18-14(9)13(11)16/h3-5,7,17H,6,8H2,1-2H3. The van der Waals surface area contributed by atoms with Crippen LogP contribution in [0.15, 0.2) is 24.4 Å². The topological polar surface area (TPSA) is 45.2 Å². The van der Waals surface area contributed by atoms with Crippen LogP contribution in [-0.2, 0) is 4.79 Å². The first-order valence-electron chi connectivity index (χ1n) is 6.17. The second kappa shape index (κ2) is 6.05. The van der Waals surface area contributed by atoms with E-state index in [0.29, 0.717) is 29.1 Å². The van der Waals surface area contributed by atoms with Crippen LogP contribution in [0.5, 0.6) is 0 Å². The summed E-state index contributed by atoms with van der Waals surface area (Å²) in [5, 5.41) is 3.94. The van der Waals surface area contributed by atoms with Gasteiger partial charge in [-0.15, -0.1) is 0 Å². The third-order valence-corrected chi connectivity index (χ3v) is 3.28. The minimum Gasteiger partial charge on any atom is -0.382 e. The van der Waals surface area contributed by atoms with Gasteiger partial charge < -0.3 is 10.2 Å². The molecule has 0 fully saturated rings. The molecule has 6 heteroatoms. The van der Waals surface area contributed by atoms with Crippen molar-refractivity contribution in [2.45, 2.75) is 6.42 Å². The summed E-state index contributed by atoms with van der Waals surface area (Å²) in [6.07, 6.45) is 1.76. The predicted molar refractivity (Wildman–Crippen MR) is 78.5 cm³/mol. The number of rotatable bonds is 4. The summed E-state index contributed by atoms with van der Waals surface area (Å²) in [5.74, 6) is -0.470. The Labute approximate surface area is 121 Å². The minimum absolute atomic E-state index is 0.0140. The van der Waals surface area contributed by atoms with Crippen molar-refractivity contribution in [3.63, 3.8) is 0 Å². The van der Waals surface area contributed by atoms with E-state index in [-0.39, 0.29) is 11.4 Å². The molecule has 0 saturated heterocycles. The molecule has 0 atom stereocenters. The number of hydrogen-bond donors (Lipinski definition) is 1. The molecule has 106 valence electrons. The van der Waals surface area contributed by atoms with Gasteiger partial charge in [-0.1, -0.05) is 11.6 Å². The molecule has 0 bridgehead atoms. The number of nitrogens with one attached hydrogen (secondary N) is 1. The maximum Gasteiger partial charge on any atom is 0.223 e. The van der Waals surface area contributed by atoms with E-state index in [2.05, 4.69) is 10.3 Å². The van der Waals surface area contributed by atoms with Crippen molar-refractivity contribution in [1.82, 2.24) is 9.88 Å². The molecule has 0 unspecified atom stereocenters. The molecule has 2 aromatic rings. The van der Waals surface area contributed by atoms with E-state index in [4.69, 9.17) is 11.6 Å². The lowest BCUT2D eigenvalue weighted by atomic mass is 10.2. The quantitative estimate of drug-likeness (QED) is 0.943. The van der Waals surface area contributed by atoms with E-state index in [1.54, 1.807) is 32.3 Å². The lowest BCUT2D eigenvalue weighted by Gasteiger charge is -2.12. The summed E-state index contributed by atoms with van der Waals surface area (Å²) >= 11 is 5.98. The number of carbonyl (C=O) groups excluding carboxylic acids is 1. The normalized spacial score (nSPS) is 10.6. The molecule has 1 aromatic heterocycles. The molecule has 20 heavy (non-hydrogen) atoms. The first-order valence-corrected chi connectivity index (χ1v) is 6.55. The summed E-state index contributed by atoms with van der Waals surface area (Å²) in [5.41, 5.74) is 0.542. The molecule has 4 nitrogen and oxygen atoms in total. The second-order valence-electron chi connectivity index (χ2n) is 4.58. The average molecular weight is 296 g/mol. The molecule has 1 heterocycles. The number of amides is 1. The van der Waals surface area contributed by atoms with Gasteiger partial charge >= 0.3 is 0 Å². The number of fused-ring (bicyclic) bond motifs is 1. The van der Waals surface area contributed by atoms with Gasteiger partial charge in [0.15, 0.2) is 5.82 Å². The summed E-state index contributed by atoms with van der Waals surface area (Å²) in [7, 11) is 3.37.